The van der Waals surface area contributed by atoms with Crippen molar-refractivity contribution >= 4 is 27.5 Å². The highest BCUT2D eigenvalue weighted by Gasteiger charge is 2.39. The van der Waals surface area contributed by atoms with Gasteiger partial charge < -0.3 is 10.1 Å². The van der Waals surface area contributed by atoms with Gasteiger partial charge in [0.15, 0.2) is 9.84 Å². The topological polar surface area (TPSA) is 75.7 Å². The summed E-state index contributed by atoms with van der Waals surface area (Å²) in [6.07, 6.45) is 0.866. The van der Waals surface area contributed by atoms with Gasteiger partial charge in [-0.25, -0.2) is 17.2 Å². The van der Waals surface area contributed by atoms with E-state index in [1.165, 1.54) is 18.2 Å². The number of nitrogens with one attached hydrogen (secondary N) is 1. The van der Waals surface area contributed by atoms with E-state index >= 15 is 0 Å². The Morgan fingerprint density at radius 2 is 1.88 bits per heavy atom. The van der Waals surface area contributed by atoms with Crippen LogP contribution in [0.3, 0.4) is 0 Å². The molecule has 0 radical (unpaired) electrons. The van der Waals surface area contributed by atoms with Crippen LogP contribution in [0.15, 0.2) is 47.4 Å². The zero-order valence-corrected chi connectivity index (χ0v) is 19.8. The molecule has 3 atom stereocenters. The van der Waals surface area contributed by atoms with Crippen LogP contribution in [0.5, 0.6) is 5.75 Å². The Balaban J connectivity index is 1.50. The Morgan fingerprint density at radius 3 is 2.48 bits per heavy atom. The van der Waals surface area contributed by atoms with Crippen molar-refractivity contribution in [3.05, 3.63) is 59.7 Å². The lowest BCUT2D eigenvalue weighted by Crippen LogP contribution is -2.47. The number of hydrogen-bond acceptors (Lipinski definition) is 6. The molecule has 1 N–H and O–H groups in total. The molecule has 33 heavy (non-hydrogen) atoms. The fourth-order valence-electron chi connectivity index (χ4n) is 4.33. The maximum atomic E-state index is 14.3. The maximum Gasteiger partial charge on any atom is 0.237 e. The molecule has 0 bridgehead atoms. The largest absolute Gasteiger partial charge is 0.497 e. The van der Waals surface area contributed by atoms with E-state index in [0.717, 1.165) is 10.6 Å². The summed E-state index contributed by atoms with van der Waals surface area (Å²) in [5, 5.41) is 2.87. The van der Waals surface area contributed by atoms with E-state index in [1.54, 1.807) is 23.8 Å². The molecular formula is C23H26F2N2O4S2. The molecule has 0 aromatic heterocycles. The summed E-state index contributed by atoms with van der Waals surface area (Å²) < 4.78 is 57.3. The molecule has 2 aliphatic heterocycles. The van der Waals surface area contributed by atoms with Crippen molar-refractivity contribution in [2.24, 2.45) is 0 Å². The minimum absolute atomic E-state index is 0.0243. The smallest absolute Gasteiger partial charge is 0.237 e. The molecule has 178 valence electrons. The van der Waals surface area contributed by atoms with Gasteiger partial charge in [-0.2, -0.15) is 0 Å². The summed E-state index contributed by atoms with van der Waals surface area (Å²) in [7, 11) is -1.54. The van der Waals surface area contributed by atoms with Crippen LogP contribution in [0.1, 0.15) is 18.4 Å². The number of carbonyl (C=O) groups excluding carboxylic acids is 1. The van der Waals surface area contributed by atoms with E-state index in [0.29, 0.717) is 19.4 Å². The predicted molar refractivity (Wildman–Crippen MR) is 123 cm³/mol. The highest BCUT2D eigenvalue weighted by molar-refractivity contribution is 8.00. The van der Waals surface area contributed by atoms with Gasteiger partial charge in [-0.05, 0) is 49.2 Å². The van der Waals surface area contributed by atoms with Crippen LogP contribution in [0.25, 0.3) is 0 Å². The molecule has 2 aromatic carbocycles. The van der Waals surface area contributed by atoms with Gasteiger partial charge in [0.25, 0.3) is 0 Å². The Bertz CT molecular complexity index is 1090. The number of hydrogen-bond donors (Lipinski definition) is 1. The minimum Gasteiger partial charge on any atom is -0.497 e. The van der Waals surface area contributed by atoms with Crippen molar-refractivity contribution in [3.63, 3.8) is 0 Å². The molecule has 2 fully saturated rings. The molecule has 2 aromatic rings. The molecule has 0 saturated carbocycles. The second kappa shape index (κ2) is 9.99. The molecule has 2 saturated heterocycles. The zero-order chi connectivity index (χ0) is 23.6. The average Bonchev–Trinajstić information content (AvgIpc) is 3.33. The number of halogens is 2. The molecule has 2 heterocycles. The fourth-order valence-corrected chi connectivity index (χ4v) is 7.23. The summed E-state index contributed by atoms with van der Waals surface area (Å²) in [4.78, 5) is 15.9. The van der Waals surface area contributed by atoms with E-state index < -0.39 is 33.6 Å². The lowest BCUT2D eigenvalue weighted by atomic mass is 10.1. The number of rotatable bonds is 7. The molecule has 10 heteroatoms. The summed E-state index contributed by atoms with van der Waals surface area (Å²) >= 11 is 1.60. The third kappa shape index (κ3) is 5.85. The van der Waals surface area contributed by atoms with Gasteiger partial charge in [0.05, 0.1) is 24.7 Å². The van der Waals surface area contributed by atoms with E-state index in [4.69, 9.17) is 4.74 Å². The van der Waals surface area contributed by atoms with Gasteiger partial charge in [-0.15, -0.1) is 11.8 Å². The molecular weight excluding hydrogens is 470 g/mol. The molecule has 4 rings (SSSR count). The number of thioether (sulfide) groups is 1. The quantitative estimate of drug-likeness (QED) is 0.635. The fraction of sp³-hybridized carbons (Fsp3) is 0.435. The van der Waals surface area contributed by atoms with E-state index in [2.05, 4.69) is 5.32 Å². The summed E-state index contributed by atoms with van der Waals surface area (Å²) in [6, 6.07) is 10.3. The van der Waals surface area contributed by atoms with Crippen molar-refractivity contribution in [2.45, 2.75) is 41.6 Å². The molecule has 0 aliphatic carbocycles. The number of sulfone groups is 1. The van der Waals surface area contributed by atoms with Gasteiger partial charge in [-0.1, -0.05) is 6.07 Å². The van der Waals surface area contributed by atoms with Crippen LogP contribution in [0.2, 0.25) is 0 Å². The van der Waals surface area contributed by atoms with Crippen LogP contribution < -0.4 is 10.1 Å². The van der Waals surface area contributed by atoms with Gasteiger partial charge in [-0.3, -0.25) is 9.69 Å². The van der Waals surface area contributed by atoms with E-state index in [-0.39, 0.29) is 34.8 Å². The van der Waals surface area contributed by atoms with Crippen LogP contribution in [-0.2, 0) is 21.2 Å². The van der Waals surface area contributed by atoms with Crippen molar-refractivity contribution in [2.75, 3.05) is 25.2 Å². The monoisotopic (exact) mass is 496 g/mol. The molecule has 0 unspecified atom stereocenters. The van der Waals surface area contributed by atoms with E-state index in [1.807, 2.05) is 24.3 Å². The number of methoxy groups -OCH3 is 1. The second-order valence-electron chi connectivity index (χ2n) is 8.41. The number of benzene rings is 2. The zero-order valence-electron chi connectivity index (χ0n) is 18.2. The Morgan fingerprint density at radius 1 is 1.18 bits per heavy atom. The molecule has 6 nitrogen and oxygen atoms in total. The average molecular weight is 497 g/mol. The maximum absolute atomic E-state index is 14.3. The molecule has 1 amide bonds. The normalized spacial score (nSPS) is 24.6. The number of nitrogens with zero attached hydrogens (tertiary/aromatic N) is 1. The summed E-state index contributed by atoms with van der Waals surface area (Å²) in [5.41, 5.74) is -0.0751. The Hall–Kier alpha value is -2.17. The van der Waals surface area contributed by atoms with Crippen LogP contribution in [0.4, 0.5) is 8.78 Å². The summed E-state index contributed by atoms with van der Waals surface area (Å²) in [5.74, 6) is -0.873. The minimum atomic E-state index is -3.14. The van der Waals surface area contributed by atoms with Crippen molar-refractivity contribution < 1.29 is 26.7 Å². The molecule has 2 aliphatic rings. The lowest BCUT2D eigenvalue weighted by Gasteiger charge is -2.25. The number of ether oxygens (including phenoxy) is 1. The Labute approximate surface area is 196 Å². The van der Waals surface area contributed by atoms with Gasteiger partial charge >= 0.3 is 0 Å². The highest BCUT2D eigenvalue weighted by Crippen LogP contribution is 2.35. The number of carbonyl (C=O) groups is 1. The van der Waals surface area contributed by atoms with Crippen LogP contribution in [-0.4, -0.2) is 61.7 Å². The highest BCUT2D eigenvalue weighted by atomic mass is 32.2. The third-order valence-electron chi connectivity index (χ3n) is 6.03. The predicted octanol–water partition coefficient (Wildman–Crippen LogP) is 3.01. The first-order valence-corrected chi connectivity index (χ1v) is 13.4. The SMILES string of the molecule is COc1ccc(S[C@@H]2C[C@@H](C(=O)N[C@H]3CCS(=O)(=O)C3)N(Cc3c(F)cccc3F)C2)cc1. The first kappa shape index (κ1) is 24.0. The summed E-state index contributed by atoms with van der Waals surface area (Å²) in [6.45, 7) is 0.421. The van der Waals surface area contributed by atoms with Crippen molar-refractivity contribution in [1.29, 1.82) is 0 Å². The van der Waals surface area contributed by atoms with Crippen molar-refractivity contribution in [3.8, 4) is 5.75 Å². The van der Waals surface area contributed by atoms with E-state index in [9.17, 15) is 22.0 Å². The van der Waals surface area contributed by atoms with Gasteiger partial charge in [0.1, 0.15) is 17.4 Å². The lowest BCUT2D eigenvalue weighted by molar-refractivity contribution is -0.126. The standard InChI is InChI=1S/C23H26F2N2O4S2/c1-31-16-5-7-17(8-6-16)32-18-11-22(23(28)26-15-9-10-33(29,30)14-15)27(12-18)13-19-20(24)3-2-4-21(19)25/h2-8,15,18,22H,9-14H2,1H3,(H,26,28)/t15-,18+,22-/m0/s1. The number of likely N-dealkylation sites (tertiary alicyclic amines) is 1. The first-order valence-electron chi connectivity index (χ1n) is 10.7. The molecule has 0 spiro atoms. The first-order chi connectivity index (χ1) is 15.7. The van der Waals surface area contributed by atoms with Gasteiger partial charge in [0.2, 0.25) is 5.91 Å². The van der Waals surface area contributed by atoms with Crippen molar-refractivity contribution in [1.82, 2.24) is 10.2 Å². The van der Waals surface area contributed by atoms with Crippen LogP contribution in [0, 0.1) is 11.6 Å². The van der Waals surface area contributed by atoms with Gasteiger partial charge in [0, 0.05) is 34.8 Å². The Kier molecular flexibility index (Phi) is 7.25. The van der Waals surface area contributed by atoms with Crippen LogP contribution >= 0.6 is 11.8 Å². The third-order valence-corrected chi connectivity index (χ3v) is 9.02. The number of amides is 1. The second-order valence-corrected chi connectivity index (χ2v) is 12.0.